The van der Waals surface area contributed by atoms with Gasteiger partial charge in [-0.1, -0.05) is 13.0 Å². The van der Waals surface area contributed by atoms with E-state index in [0.717, 1.165) is 31.0 Å². The largest absolute Gasteiger partial charge is 0.468 e. The lowest BCUT2D eigenvalue weighted by molar-refractivity contribution is -0.154. The molecule has 0 aliphatic carbocycles. The van der Waals surface area contributed by atoms with Crippen molar-refractivity contribution >= 4 is 29.9 Å². The van der Waals surface area contributed by atoms with Gasteiger partial charge in [0.05, 0.1) is 0 Å². The number of alkyl halides is 3. The highest BCUT2D eigenvalue weighted by Crippen LogP contribution is 2.17. The topological polar surface area (TPSA) is 49.8 Å². The molecular formula is C16H24F3IN4O. The average Bonchev–Trinajstić information content (AvgIpc) is 2.54. The van der Waals surface area contributed by atoms with E-state index in [0.29, 0.717) is 12.5 Å². The number of ether oxygens (including phenoxy) is 1. The summed E-state index contributed by atoms with van der Waals surface area (Å²) in [6.07, 6.45) is -0.476. The number of guanidine groups is 1. The van der Waals surface area contributed by atoms with Crippen LogP contribution in [0.4, 0.5) is 13.2 Å². The van der Waals surface area contributed by atoms with Crippen molar-refractivity contribution in [3.63, 3.8) is 0 Å². The van der Waals surface area contributed by atoms with Crippen LogP contribution in [0.1, 0.15) is 25.3 Å². The van der Waals surface area contributed by atoms with Gasteiger partial charge in [-0.15, -0.1) is 24.0 Å². The second-order valence-corrected chi connectivity index (χ2v) is 6.00. The first-order chi connectivity index (χ1) is 11.4. The number of aliphatic imine (C=N–C) groups is 1. The minimum Gasteiger partial charge on any atom is -0.468 e. The van der Waals surface area contributed by atoms with E-state index in [1.54, 1.807) is 13.1 Å². The summed E-state index contributed by atoms with van der Waals surface area (Å²) >= 11 is 0. The molecule has 0 spiro atoms. The summed E-state index contributed by atoms with van der Waals surface area (Å²) in [5.74, 6) is 1.44. The van der Waals surface area contributed by atoms with Gasteiger partial charge in [-0.2, -0.15) is 13.2 Å². The van der Waals surface area contributed by atoms with Crippen molar-refractivity contribution in [3.05, 3.63) is 23.9 Å². The van der Waals surface area contributed by atoms with E-state index in [9.17, 15) is 13.2 Å². The van der Waals surface area contributed by atoms with E-state index in [2.05, 4.69) is 31.9 Å². The van der Waals surface area contributed by atoms with Crippen molar-refractivity contribution in [3.8, 4) is 5.88 Å². The number of pyridine rings is 1. The minimum absolute atomic E-state index is 0. The molecular weight excluding hydrogens is 448 g/mol. The predicted octanol–water partition coefficient (Wildman–Crippen LogP) is 3.45. The lowest BCUT2D eigenvalue weighted by atomic mass is 10.0. The number of piperidine rings is 1. The van der Waals surface area contributed by atoms with Crippen LogP contribution in [0.15, 0.2) is 23.3 Å². The predicted molar refractivity (Wildman–Crippen MR) is 101 cm³/mol. The maximum Gasteiger partial charge on any atom is 0.422 e. The molecule has 1 fully saturated rings. The number of likely N-dealkylation sites (tertiary alicyclic amines) is 1. The van der Waals surface area contributed by atoms with Gasteiger partial charge in [0.1, 0.15) is 0 Å². The molecule has 2 heterocycles. The van der Waals surface area contributed by atoms with E-state index in [-0.39, 0.29) is 29.9 Å². The highest BCUT2D eigenvalue weighted by Gasteiger charge is 2.28. The van der Waals surface area contributed by atoms with Crippen molar-refractivity contribution in [2.45, 2.75) is 32.5 Å². The molecule has 1 aliphatic rings. The second kappa shape index (κ2) is 10.0. The summed E-state index contributed by atoms with van der Waals surface area (Å²) in [4.78, 5) is 10.4. The van der Waals surface area contributed by atoms with E-state index in [1.165, 1.54) is 18.7 Å². The average molecular weight is 472 g/mol. The fourth-order valence-electron chi connectivity index (χ4n) is 2.65. The Kier molecular flexibility index (Phi) is 8.74. The zero-order valence-corrected chi connectivity index (χ0v) is 16.7. The summed E-state index contributed by atoms with van der Waals surface area (Å²) in [5, 5.41) is 3.27. The monoisotopic (exact) mass is 472 g/mol. The molecule has 0 radical (unpaired) electrons. The van der Waals surface area contributed by atoms with Crippen LogP contribution < -0.4 is 10.1 Å². The Morgan fingerprint density at radius 2 is 2.20 bits per heavy atom. The molecule has 142 valence electrons. The van der Waals surface area contributed by atoms with Crippen molar-refractivity contribution < 1.29 is 17.9 Å². The van der Waals surface area contributed by atoms with Gasteiger partial charge < -0.3 is 15.0 Å². The van der Waals surface area contributed by atoms with E-state index in [4.69, 9.17) is 0 Å². The van der Waals surface area contributed by atoms with Crippen LogP contribution in [0.2, 0.25) is 0 Å². The summed E-state index contributed by atoms with van der Waals surface area (Å²) in [6, 6.07) is 3.13. The highest BCUT2D eigenvalue weighted by atomic mass is 127. The van der Waals surface area contributed by atoms with Crippen LogP contribution >= 0.6 is 24.0 Å². The van der Waals surface area contributed by atoms with E-state index >= 15 is 0 Å². The summed E-state index contributed by atoms with van der Waals surface area (Å²) in [7, 11) is 1.74. The van der Waals surface area contributed by atoms with Crippen molar-refractivity contribution in [2.75, 3.05) is 26.7 Å². The third kappa shape index (κ3) is 7.66. The van der Waals surface area contributed by atoms with Crippen molar-refractivity contribution in [1.29, 1.82) is 0 Å². The molecule has 25 heavy (non-hydrogen) atoms. The summed E-state index contributed by atoms with van der Waals surface area (Å²) in [6.45, 7) is 3.35. The van der Waals surface area contributed by atoms with Crippen molar-refractivity contribution in [1.82, 2.24) is 15.2 Å². The van der Waals surface area contributed by atoms with Gasteiger partial charge in [0.25, 0.3) is 0 Å². The molecule has 0 saturated carbocycles. The van der Waals surface area contributed by atoms with Gasteiger partial charge >= 0.3 is 6.18 Å². The summed E-state index contributed by atoms with van der Waals surface area (Å²) in [5.41, 5.74) is 0.848. The molecule has 0 bridgehead atoms. The number of halogens is 4. The zero-order valence-electron chi connectivity index (χ0n) is 14.3. The maximum absolute atomic E-state index is 12.1. The zero-order chi connectivity index (χ0) is 17.6. The number of hydrogen-bond acceptors (Lipinski definition) is 3. The highest BCUT2D eigenvalue weighted by molar-refractivity contribution is 14.0. The van der Waals surface area contributed by atoms with Crippen molar-refractivity contribution in [2.24, 2.45) is 10.9 Å². The SMILES string of the molecule is CN=C(NCc1ccc(OCC(F)(F)F)nc1)N1CCCC(C)C1.I. The molecule has 1 aliphatic heterocycles. The van der Waals surface area contributed by atoms with Gasteiger partial charge in [-0.3, -0.25) is 4.99 Å². The molecule has 1 N–H and O–H groups in total. The molecule has 0 amide bonds. The Balaban J connectivity index is 0.00000312. The van der Waals surface area contributed by atoms with Gasteiger partial charge in [0, 0.05) is 38.9 Å². The molecule has 0 aromatic carbocycles. The fourth-order valence-corrected chi connectivity index (χ4v) is 2.65. The number of rotatable bonds is 4. The smallest absolute Gasteiger partial charge is 0.422 e. The third-order valence-electron chi connectivity index (χ3n) is 3.80. The third-order valence-corrected chi connectivity index (χ3v) is 3.80. The number of aromatic nitrogens is 1. The fraction of sp³-hybridized carbons (Fsp3) is 0.625. The Morgan fingerprint density at radius 1 is 1.44 bits per heavy atom. The molecule has 1 atom stereocenters. The van der Waals surface area contributed by atoms with Crippen LogP contribution in [0.5, 0.6) is 5.88 Å². The maximum atomic E-state index is 12.1. The first-order valence-corrected chi connectivity index (χ1v) is 7.97. The normalized spacial score (nSPS) is 18.5. The van der Waals surface area contributed by atoms with Crippen LogP contribution in [-0.2, 0) is 6.54 Å². The molecule has 1 aromatic rings. The van der Waals surface area contributed by atoms with E-state index in [1.807, 2.05) is 0 Å². The first-order valence-electron chi connectivity index (χ1n) is 7.97. The van der Waals surface area contributed by atoms with Crippen LogP contribution in [-0.4, -0.2) is 48.8 Å². The summed E-state index contributed by atoms with van der Waals surface area (Å²) < 4.78 is 40.9. The Morgan fingerprint density at radius 3 is 2.76 bits per heavy atom. The molecule has 5 nitrogen and oxygen atoms in total. The molecule has 1 aromatic heterocycles. The minimum atomic E-state index is -4.36. The lowest BCUT2D eigenvalue weighted by Crippen LogP contribution is -2.45. The van der Waals surface area contributed by atoms with Gasteiger partial charge in [0.2, 0.25) is 5.88 Å². The Bertz CT molecular complexity index is 551. The lowest BCUT2D eigenvalue weighted by Gasteiger charge is -2.33. The number of nitrogens with zero attached hydrogens (tertiary/aromatic N) is 3. The number of nitrogens with one attached hydrogen (secondary N) is 1. The van der Waals surface area contributed by atoms with Crippen LogP contribution in [0, 0.1) is 5.92 Å². The van der Waals surface area contributed by atoms with E-state index < -0.39 is 12.8 Å². The second-order valence-electron chi connectivity index (χ2n) is 6.00. The van der Waals surface area contributed by atoms with Crippen LogP contribution in [0.3, 0.4) is 0 Å². The molecule has 9 heteroatoms. The number of hydrogen-bond donors (Lipinski definition) is 1. The van der Waals surface area contributed by atoms with Gasteiger partial charge in [-0.25, -0.2) is 4.98 Å². The van der Waals surface area contributed by atoms with Gasteiger partial charge in [0.15, 0.2) is 12.6 Å². The van der Waals surface area contributed by atoms with Gasteiger partial charge in [-0.05, 0) is 24.3 Å². The molecule has 1 saturated heterocycles. The molecule has 2 rings (SSSR count). The standard InChI is InChI=1S/C16H23F3N4O.HI/c1-12-4-3-7-23(10-12)15(20-2)22-9-13-5-6-14(21-8-13)24-11-16(17,18)19;/h5-6,8,12H,3-4,7,9-11H2,1-2H3,(H,20,22);1H. The van der Waals surface area contributed by atoms with Crippen LogP contribution in [0.25, 0.3) is 0 Å². The first kappa shape index (κ1) is 21.8. The quantitative estimate of drug-likeness (QED) is 0.415. The Labute approximate surface area is 163 Å². The molecule has 1 unspecified atom stereocenters. The Hall–Kier alpha value is -1.26.